The number of esters is 1. The van der Waals surface area contributed by atoms with E-state index < -0.39 is 41.1 Å². The van der Waals surface area contributed by atoms with Crippen molar-refractivity contribution in [2.45, 2.75) is 37.2 Å². The molecule has 3 aliphatic rings. The molecule has 196 valence electrons. The first-order chi connectivity index (χ1) is 17.4. The van der Waals surface area contributed by atoms with E-state index in [4.69, 9.17) is 32.3 Å². The number of carbonyl (C=O) groups is 4. The molecule has 0 radical (unpaired) electrons. The number of carboxylic acid groups (broad SMARTS) is 2. The second-order valence-electron chi connectivity index (χ2n) is 8.57. The molecule has 1 aromatic heterocycles. The highest BCUT2D eigenvalue weighted by Crippen LogP contribution is 2.39. The minimum atomic E-state index is -1.31. The number of thioether (sulfide) groups is 1. The summed E-state index contributed by atoms with van der Waals surface area (Å²) >= 11 is 7.11. The van der Waals surface area contributed by atoms with Gasteiger partial charge in [0.25, 0.3) is 0 Å². The molecular formula is C23H21ClFN3O8S. The van der Waals surface area contributed by atoms with Crippen LogP contribution in [0.5, 0.6) is 0 Å². The number of carbonyl (C=O) groups excluding carboxylic acids is 2. The molecule has 2 atom stereocenters. The minimum absolute atomic E-state index is 0.0497. The van der Waals surface area contributed by atoms with Crippen LogP contribution in [0.4, 0.5) is 4.39 Å². The van der Waals surface area contributed by atoms with Crippen LogP contribution in [0.2, 0.25) is 5.02 Å². The zero-order valence-corrected chi connectivity index (χ0v) is 20.8. The van der Waals surface area contributed by atoms with Crippen molar-refractivity contribution in [3.05, 3.63) is 56.2 Å². The van der Waals surface area contributed by atoms with E-state index in [9.17, 15) is 28.4 Å². The number of nitrogens with zero attached hydrogens (tertiary/aromatic N) is 2. The average Bonchev–Trinajstić information content (AvgIpc) is 3.68. The zero-order valence-electron chi connectivity index (χ0n) is 19.3. The van der Waals surface area contributed by atoms with Gasteiger partial charge in [-0.25, -0.2) is 14.0 Å². The van der Waals surface area contributed by atoms with Crippen molar-refractivity contribution >= 4 is 58.1 Å². The first-order valence-corrected chi connectivity index (χ1v) is 12.4. The Bertz CT molecular complexity index is 1440. The van der Waals surface area contributed by atoms with Crippen LogP contribution in [0.15, 0.2) is 34.4 Å². The molecule has 14 heteroatoms. The number of hydrogen-bond donors (Lipinski definition) is 3. The van der Waals surface area contributed by atoms with Gasteiger partial charge in [0, 0.05) is 35.9 Å². The van der Waals surface area contributed by atoms with E-state index in [1.807, 2.05) is 0 Å². The molecule has 11 nitrogen and oxygen atoms in total. The lowest BCUT2D eigenvalue weighted by molar-refractivity contribution is -0.148. The number of ether oxygens (including phenoxy) is 1. The van der Waals surface area contributed by atoms with Gasteiger partial charge in [0.2, 0.25) is 11.3 Å². The number of halogens is 2. The van der Waals surface area contributed by atoms with Gasteiger partial charge < -0.3 is 25.3 Å². The molecule has 1 saturated heterocycles. The smallest absolute Gasteiger partial charge is 0.352 e. The number of carboxylic acids is 2. The van der Waals surface area contributed by atoms with Crippen LogP contribution in [0.25, 0.3) is 10.9 Å². The van der Waals surface area contributed by atoms with E-state index >= 15 is 0 Å². The summed E-state index contributed by atoms with van der Waals surface area (Å²) < 4.78 is 20.0. The highest BCUT2D eigenvalue weighted by Gasteiger charge is 2.51. The van der Waals surface area contributed by atoms with Crippen molar-refractivity contribution in [2.75, 3.05) is 12.4 Å². The van der Waals surface area contributed by atoms with E-state index in [1.165, 1.54) is 35.8 Å². The summed E-state index contributed by atoms with van der Waals surface area (Å²) in [6, 6.07) is 1.88. The van der Waals surface area contributed by atoms with E-state index in [2.05, 4.69) is 0 Å². The van der Waals surface area contributed by atoms with Crippen LogP contribution in [0.1, 0.15) is 36.2 Å². The molecule has 0 spiro atoms. The Balaban J connectivity index is 0.000000173. The van der Waals surface area contributed by atoms with Crippen LogP contribution in [-0.4, -0.2) is 67.3 Å². The third-order valence-corrected chi connectivity index (χ3v) is 7.64. The molecule has 2 fully saturated rings. The number of aliphatic carboxylic acids is 1. The summed E-state index contributed by atoms with van der Waals surface area (Å²) in [5, 5.41) is 17.8. The number of fused-ring (bicyclic) bond motifs is 2. The number of nitrogens with two attached hydrogens (primary N) is 1. The predicted molar refractivity (Wildman–Crippen MR) is 131 cm³/mol. The second-order valence-corrected chi connectivity index (χ2v) is 10.1. The molecule has 1 saturated carbocycles. The Morgan fingerprint density at radius 2 is 1.89 bits per heavy atom. The molecule has 2 aliphatic heterocycles. The van der Waals surface area contributed by atoms with Gasteiger partial charge >= 0.3 is 17.9 Å². The summed E-state index contributed by atoms with van der Waals surface area (Å²) in [7, 11) is 0. The topological polar surface area (TPSA) is 169 Å². The molecule has 0 unspecified atom stereocenters. The van der Waals surface area contributed by atoms with Gasteiger partial charge in [-0.2, -0.15) is 0 Å². The van der Waals surface area contributed by atoms with E-state index in [0.29, 0.717) is 16.8 Å². The Labute approximate surface area is 217 Å². The van der Waals surface area contributed by atoms with Crippen molar-refractivity contribution < 1.29 is 38.5 Å². The summed E-state index contributed by atoms with van der Waals surface area (Å²) in [5.74, 6) is -3.76. The molecular weight excluding hydrogens is 533 g/mol. The fourth-order valence-corrected chi connectivity index (χ4v) is 5.46. The van der Waals surface area contributed by atoms with E-state index in [-0.39, 0.29) is 39.7 Å². The Hall–Kier alpha value is -3.42. The van der Waals surface area contributed by atoms with Crippen LogP contribution in [-0.2, 0) is 19.1 Å². The summed E-state index contributed by atoms with van der Waals surface area (Å²) in [5.41, 5.74) is 5.35. The standard InChI is InChI=1S/C13H9ClFNO3.C10H12N2O5S/c14-9-4-11-7(3-10(9)15)12(17)8(13(18)19)5-16(11)6-1-2-6;1-4(13)17-2-5-3-18-9-6(11)8(14)12(9)7(5)10(15)16/h3-6H,1-2H2,(H,18,19);6,9H,2-3,11H2,1H3,(H,15,16)/t;6-,9-/m.1/s1. The van der Waals surface area contributed by atoms with Crippen molar-refractivity contribution in [2.24, 2.45) is 5.73 Å². The van der Waals surface area contributed by atoms with Crippen LogP contribution in [0, 0.1) is 5.82 Å². The first kappa shape index (κ1) is 26.6. The maximum atomic E-state index is 13.5. The SMILES string of the molecule is CC(=O)OCC1=C(C(=O)O)N2C(=O)[C@@H](N)[C@H]2SC1.O=C(O)c1cn(C2CC2)c2cc(Cl)c(F)cc2c1=O. The highest BCUT2D eigenvalue weighted by atomic mass is 35.5. The van der Waals surface area contributed by atoms with Gasteiger partial charge in [0.15, 0.2) is 0 Å². The quantitative estimate of drug-likeness (QED) is 0.367. The molecule has 1 amide bonds. The number of pyridine rings is 1. The lowest BCUT2D eigenvalue weighted by atomic mass is 10.0. The monoisotopic (exact) mass is 553 g/mol. The maximum absolute atomic E-state index is 13.5. The number of rotatable bonds is 5. The normalized spacial score (nSPS) is 20.5. The fraction of sp³-hybridized carbons (Fsp3) is 0.348. The van der Waals surface area contributed by atoms with Crippen LogP contribution >= 0.6 is 23.4 Å². The molecule has 2 aromatic rings. The van der Waals surface area contributed by atoms with Crippen molar-refractivity contribution in [3.8, 4) is 0 Å². The molecule has 4 N–H and O–H groups in total. The third-order valence-electron chi connectivity index (χ3n) is 5.99. The summed E-state index contributed by atoms with van der Waals surface area (Å²) in [6.45, 7) is 1.13. The van der Waals surface area contributed by atoms with Crippen molar-refractivity contribution in [1.82, 2.24) is 9.47 Å². The number of aromatic nitrogens is 1. The van der Waals surface area contributed by atoms with Gasteiger partial charge in [0.1, 0.15) is 35.1 Å². The van der Waals surface area contributed by atoms with Gasteiger partial charge in [-0.1, -0.05) is 11.6 Å². The fourth-order valence-electron chi connectivity index (χ4n) is 4.03. The zero-order chi connectivity index (χ0) is 27.2. The Morgan fingerprint density at radius 1 is 1.22 bits per heavy atom. The first-order valence-electron chi connectivity index (χ1n) is 11.0. The molecule has 0 bridgehead atoms. The van der Waals surface area contributed by atoms with Gasteiger partial charge in [0.05, 0.1) is 10.5 Å². The van der Waals surface area contributed by atoms with Gasteiger partial charge in [-0.3, -0.25) is 19.3 Å². The largest absolute Gasteiger partial charge is 0.477 e. The number of β-lactam (4-membered cyclic amide) rings is 1. The van der Waals surface area contributed by atoms with Crippen LogP contribution < -0.4 is 11.2 Å². The van der Waals surface area contributed by atoms with E-state index in [1.54, 1.807) is 4.57 Å². The van der Waals surface area contributed by atoms with Gasteiger partial charge in [-0.15, -0.1) is 11.8 Å². The summed E-state index contributed by atoms with van der Waals surface area (Å²) in [4.78, 5) is 57.8. The second kappa shape index (κ2) is 10.1. The minimum Gasteiger partial charge on any atom is -0.477 e. The highest BCUT2D eigenvalue weighted by molar-refractivity contribution is 8.00. The third kappa shape index (κ3) is 5.06. The lowest BCUT2D eigenvalue weighted by Gasteiger charge is -2.47. The summed E-state index contributed by atoms with van der Waals surface area (Å²) in [6.07, 6.45) is 3.14. The lowest BCUT2D eigenvalue weighted by Crippen LogP contribution is -2.68. The molecule has 37 heavy (non-hydrogen) atoms. The molecule has 1 aliphatic carbocycles. The Kier molecular flexibility index (Phi) is 7.31. The molecule has 5 rings (SSSR count). The Morgan fingerprint density at radius 3 is 2.46 bits per heavy atom. The van der Waals surface area contributed by atoms with Crippen molar-refractivity contribution in [1.29, 1.82) is 0 Å². The van der Waals surface area contributed by atoms with Crippen molar-refractivity contribution in [3.63, 3.8) is 0 Å². The number of benzene rings is 1. The van der Waals surface area contributed by atoms with Crippen LogP contribution in [0.3, 0.4) is 0 Å². The maximum Gasteiger partial charge on any atom is 0.352 e. The van der Waals surface area contributed by atoms with E-state index in [0.717, 1.165) is 18.9 Å². The number of amides is 1. The number of aromatic carboxylic acids is 1. The van der Waals surface area contributed by atoms with Gasteiger partial charge in [-0.05, 0) is 25.0 Å². The molecule has 3 heterocycles. The average molecular weight is 554 g/mol. The molecule has 1 aromatic carbocycles. The number of hydrogen-bond acceptors (Lipinski definition) is 8. The predicted octanol–water partition coefficient (Wildman–Crippen LogP) is 1.96.